The number of benzene rings is 2. The van der Waals surface area contributed by atoms with Crippen molar-refractivity contribution in [2.45, 2.75) is 57.8 Å². The van der Waals surface area contributed by atoms with Gasteiger partial charge in [0.1, 0.15) is 6.61 Å². The highest BCUT2D eigenvalue weighted by atomic mass is 16.5. The maximum Gasteiger partial charge on any atom is 0.407 e. The Balaban J connectivity index is 1.32. The summed E-state index contributed by atoms with van der Waals surface area (Å²) in [5, 5.41) is 14.5. The van der Waals surface area contributed by atoms with Gasteiger partial charge in [-0.2, -0.15) is 0 Å². The van der Waals surface area contributed by atoms with Crippen LogP contribution >= 0.6 is 0 Å². The third-order valence-corrected chi connectivity index (χ3v) is 6.53. The maximum absolute atomic E-state index is 12.2. The second kappa shape index (κ2) is 13.5. The number of alkyl carbamates (subject to hydrolysis) is 1. The third kappa shape index (κ3) is 7.84. The molecule has 0 spiro atoms. The number of fused-ring (bicyclic) bond motifs is 3. The maximum atomic E-state index is 12.2. The van der Waals surface area contributed by atoms with E-state index in [0.717, 1.165) is 19.3 Å². The van der Waals surface area contributed by atoms with Crippen molar-refractivity contribution in [1.82, 2.24) is 10.6 Å². The molecule has 2 aromatic carbocycles. The summed E-state index contributed by atoms with van der Waals surface area (Å²) in [6, 6.07) is 16.4. The van der Waals surface area contributed by atoms with Crippen LogP contribution < -0.4 is 10.6 Å². The van der Waals surface area contributed by atoms with Gasteiger partial charge in [0.15, 0.2) is 0 Å². The van der Waals surface area contributed by atoms with Gasteiger partial charge < -0.3 is 20.5 Å². The molecule has 0 heterocycles. The van der Waals surface area contributed by atoms with Crippen LogP contribution in [-0.4, -0.2) is 42.8 Å². The molecular weight excluding hydrogens is 444 g/mol. The van der Waals surface area contributed by atoms with Gasteiger partial charge in [-0.15, -0.1) is 0 Å². The van der Waals surface area contributed by atoms with Gasteiger partial charge in [0.05, 0.1) is 0 Å². The van der Waals surface area contributed by atoms with Crippen molar-refractivity contribution in [2.75, 3.05) is 19.7 Å². The number of hydrogen-bond acceptors (Lipinski definition) is 4. The average molecular weight is 481 g/mol. The molecule has 0 radical (unpaired) electrons. The number of rotatable bonds is 14. The van der Waals surface area contributed by atoms with Gasteiger partial charge >= 0.3 is 12.1 Å². The molecule has 7 nitrogen and oxygen atoms in total. The molecule has 1 aliphatic carbocycles. The zero-order valence-electron chi connectivity index (χ0n) is 20.4. The van der Waals surface area contributed by atoms with E-state index < -0.39 is 12.1 Å². The highest BCUT2D eigenvalue weighted by Gasteiger charge is 2.28. The predicted octanol–water partition coefficient (Wildman–Crippen LogP) is 5.09. The lowest BCUT2D eigenvalue weighted by molar-refractivity contribution is -0.137. The first kappa shape index (κ1) is 26.3. The first-order chi connectivity index (χ1) is 17.0. The Morgan fingerprint density at radius 2 is 1.54 bits per heavy atom. The first-order valence-electron chi connectivity index (χ1n) is 12.6. The van der Waals surface area contributed by atoms with Crippen LogP contribution in [0.1, 0.15) is 68.9 Å². The molecule has 0 saturated carbocycles. The highest BCUT2D eigenvalue weighted by Crippen LogP contribution is 2.44. The van der Waals surface area contributed by atoms with Crippen molar-refractivity contribution < 1.29 is 24.2 Å². The summed E-state index contributed by atoms with van der Waals surface area (Å²) in [5.74, 6) is -0.510. The minimum atomic E-state index is -0.779. The Kier molecular flexibility index (Phi) is 10.1. The number of carbonyl (C=O) groups is 3. The van der Waals surface area contributed by atoms with E-state index in [-0.39, 0.29) is 24.9 Å². The molecule has 3 N–H and O–H groups in total. The highest BCUT2D eigenvalue weighted by molar-refractivity contribution is 5.79. The molecule has 0 aliphatic heterocycles. The van der Waals surface area contributed by atoms with Crippen LogP contribution in [0.25, 0.3) is 11.1 Å². The number of aliphatic carboxylic acids is 1. The number of carbonyl (C=O) groups excluding carboxylic acids is 2. The van der Waals surface area contributed by atoms with Gasteiger partial charge in [0, 0.05) is 31.8 Å². The SMILES string of the molecule is CCCC(CCNC(=O)CCCNC(=O)OCC1c2ccccc2-c2ccccc21)CCC(=O)O. The van der Waals surface area contributed by atoms with Crippen molar-refractivity contribution in [2.24, 2.45) is 5.92 Å². The molecule has 2 amide bonds. The quantitative estimate of drug-likeness (QED) is 0.327. The van der Waals surface area contributed by atoms with E-state index in [2.05, 4.69) is 41.8 Å². The minimum Gasteiger partial charge on any atom is -0.481 e. The summed E-state index contributed by atoms with van der Waals surface area (Å²) in [6.07, 6.45) is 3.92. The van der Waals surface area contributed by atoms with E-state index in [4.69, 9.17) is 9.84 Å². The van der Waals surface area contributed by atoms with Crippen LogP contribution in [0, 0.1) is 5.92 Å². The van der Waals surface area contributed by atoms with E-state index in [1.165, 1.54) is 22.3 Å². The van der Waals surface area contributed by atoms with E-state index in [0.29, 0.717) is 38.3 Å². The first-order valence-corrected chi connectivity index (χ1v) is 12.6. The fourth-order valence-electron chi connectivity index (χ4n) is 4.76. The molecule has 3 rings (SSSR count). The summed E-state index contributed by atoms with van der Waals surface area (Å²) < 4.78 is 5.51. The molecule has 35 heavy (non-hydrogen) atoms. The lowest BCUT2D eigenvalue weighted by atomic mass is 9.94. The molecule has 188 valence electrons. The molecule has 0 saturated heterocycles. The Bertz CT molecular complexity index is 961. The Labute approximate surface area is 207 Å². The number of carboxylic acids is 1. The lowest BCUT2D eigenvalue weighted by Crippen LogP contribution is -2.29. The van der Waals surface area contributed by atoms with E-state index in [1.54, 1.807) is 0 Å². The Hall–Kier alpha value is -3.35. The summed E-state index contributed by atoms with van der Waals surface area (Å²) >= 11 is 0. The van der Waals surface area contributed by atoms with Crippen LogP contribution in [-0.2, 0) is 14.3 Å². The molecule has 1 unspecified atom stereocenters. The fourth-order valence-corrected chi connectivity index (χ4v) is 4.76. The zero-order valence-corrected chi connectivity index (χ0v) is 20.4. The van der Waals surface area contributed by atoms with Crippen LogP contribution in [0.2, 0.25) is 0 Å². The smallest absolute Gasteiger partial charge is 0.407 e. The van der Waals surface area contributed by atoms with Crippen molar-refractivity contribution in [3.63, 3.8) is 0 Å². The summed E-state index contributed by atoms with van der Waals surface area (Å²) in [7, 11) is 0. The number of amides is 2. The standard InChI is InChI=1S/C28H36N2O5/c1-2-8-20(14-15-27(32)33)16-18-29-26(31)13-7-17-30-28(34)35-19-25-23-11-5-3-9-21(23)22-10-4-6-12-24(22)25/h3-6,9-12,20,25H,2,7-8,13-19H2,1H3,(H,29,31)(H,30,34)(H,32,33). The third-order valence-electron chi connectivity index (χ3n) is 6.53. The molecule has 1 atom stereocenters. The second-order valence-corrected chi connectivity index (χ2v) is 9.08. The Morgan fingerprint density at radius 3 is 2.17 bits per heavy atom. The summed E-state index contributed by atoms with van der Waals surface area (Å²) in [6.45, 7) is 3.25. The van der Waals surface area contributed by atoms with E-state index in [9.17, 15) is 14.4 Å². The van der Waals surface area contributed by atoms with Crippen LogP contribution in [0.4, 0.5) is 4.79 Å². The molecule has 2 aromatic rings. The van der Waals surface area contributed by atoms with Gasteiger partial charge in [0.2, 0.25) is 5.91 Å². The van der Waals surface area contributed by atoms with Crippen LogP contribution in [0.3, 0.4) is 0 Å². The van der Waals surface area contributed by atoms with E-state index >= 15 is 0 Å². The molecule has 0 bridgehead atoms. The normalized spacial score (nSPS) is 12.9. The number of hydrogen-bond donors (Lipinski definition) is 3. The van der Waals surface area contributed by atoms with E-state index in [1.807, 2.05) is 24.3 Å². The van der Waals surface area contributed by atoms with Gasteiger partial charge in [-0.3, -0.25) is 9.59 Å². The fraction of sp³-hybridized carbons (Fsp3) is 0.464. The van der Waals surface area contributed by atoms with Crippen LogP contribution in [0.5, 0.6) is 0 Å². The molecule has 0 aromatic heterocycles. The zero-order chi connectivity index (χ0) is 25.0. The molecule has 0 fully saturated rings. The summed E-state index contributed by atoms with van der Waals surface area (Å²) in [4.78, 5) is 35.1. The monoisotopic (exact) mass is 480 g/mol. The largest absolute Gasteiger partial charge is 0.481 e. The number of nitrogens with one attached hydrogen (secondary N) is 2. The molecular formula is C28H36N2O5. The van der Waals surface area contributed by atoms with Crippen molar-refractivity contribution in [3.05, 3.63) is 59.7 Å². The van der Waals surface area contributed by atoms with Gasteiger partial charge in [-0.1, -0.05) is 68.3 Å². The Morgan fingerprint density at radius 1 is 0.886 bits per heavy atom. The van der Waals surface area contributed by atoms with Gasteiger partial charge in [-0.25, -0.2) is 4.79 Å². The van der Waals surface area contributed by atoms with Gasteiger partial charge in [0.25, 0.3) is 0 Å². The van der Waals surface area contributed by atoms with Crippen LogP contribution in [0.15, 0.2) is 48.5 Å². The predicted molar refractivity (Wildman–Crippen MR) is 135 cm³/mol. The topological polar surface area (TPSA) is 105 Å². The average Bonchev–Trinajstić information content (AvgIpc) is 3.17. The van der Waals surface area contributed by atoms with Crippen molar-refractivity contribution >= 4 is 18.0 Å². The summed E-state index contributed by atoms with van der Waals surface area (Å²) in [5.41, 5.74) is 4.71. The number of carboxylic acid groups (broad SMARTS) is 1. The van der Waals surface area contributed by atoms with Gasteiger partial charge in [-0.05, 0) is 47.4 Å². The van der Waals surface area contributed by atoms with Crippen molar-refractivity contribution in [3.8, 4) is 11.1 Å². The minimum absolute atomic E-state index is 0.0194. The molecule has 1 aliphatic rings. The molecule has 7 heteroatoms. The second-order valence-electron chi connectivity index (χ2n) is 9.08. The van der Waals surface area contributed by atoms with Crippen molar-refractivity contribution in [1.29, 1.82) is 0 Å². The number of ether oxygens (including phenoxy) is 1. The lowest BCUT2D eigenvalue weighted by Gasteiger charge is -2.15.